The highest BCUT2D eigenvalue weighted by Gasteiger charge is 2.21. The quantitative estimate of drug-likeness (QED) is 0.788. The summed E-state index contributed by atoms with van der Waals surface area (Å²) >= 11 is 6.12. The second kappa shape index (κ2) is 8.21. The van der Waals surface area contributed by atoms with Gasteiger partial charge in [0.2, 0.25) is 5.91 Å². The number of anilines is 3. The summed E-state index contributed by atoms with van der Waals surface area (Å²) in [4.78, 5) is 16.6. The highest BCUT2D eigenvalue weighted by molar-refractivity contribution is 6.32. The highest BCUT2D eigenvalue weighted by atomic mass is 35.5. The van der Waals surface area contributed by atoms with Crippen LogP contribution in [0.4, 0.5) is 17.2 Å². The fourth-order valence-corrected chi connectivity index (χ4v) is 3.30. The average molecular weight is 360 g/mol. The summed E-state index contributed by atoms with van der Waals surface area (Å²) in [6, 6.07) is 9.12. The van der Waals surface area contributed by atoms with E-state index in [-0.39, 0.29) is 11.8 Å². The maximum atomic E-state index is 12.3. The zero-order valence-corrected chi connectivity index (χ0v) is 15.0. The van der Waals surface area contributed by atoms with Crippen molar-refractivity contribution in [2.45, 2.75) is 32.1 Å². The van der Waals surface area contributed by atoms with E-state index in [1.807, 2.05) is 18.2 Å². The summed E-state index contributed by atoms with van der Waals surface area (Å²) in [5, 5.41) is 6.67. The first-order chi connectivity index (χ1) is 12.2. The Kier molecular flexibility index (Phi) is 5.76. The lowest BCUT2D eigenvalue weighted by Crippen LogP contribution is -2.24. The molecule has 2 N–H and O–H groups in total. The van der Waals surface area contributed by atoms with Gasteiger partial charge >= 0.3 is 0 Å². The molecule has 1 aliphatic carbocycles. The molecule has 132 valence electrons. The lowest BCUT2D eigenvalue weighted by molar-refractivity contribution is -0.120. The number of amides is 1. The van der Waals surface area contributed by atoms with E-state index in [0.29, 0.717) is 22.3 Å². The van der Waals surface area contributed by atoms with Gasteiger partial charge in [0.05, 0.1) is 24.0 Å². The van der Waals surface area contributed by atoms with Crippen LogP contribution in [0.25, 0.3) is 0 Å². The molecule has 0 radical (unpaired) electrons. The molecule has 1 amide bonds. The molecule has 5 nitrogen and oxygen atoms in total. The maximum Gasteiger partial charge on any atom is 0.227 e. The third-order valence-electron chi connectivity index (χ3n) is 4.43. The molecule has 0 saturated heterocycles. The normalized spacial score (nSPS) is 14.8. The van der Waals surface area contributed by atoms with Gasteiger partial charge in [0.15, 0.2) is 0 Å². The van der Waals surface area contributed by atoms with Crippen LogP contribution in [0.1, 0.15) is 32.1 Å². The molecule has 0 aliphatic heterocycles. The number of carbonyl (C=O) groups is 1. The van der Waals surface area contributed by atoms with Crippen LogP contribution >= 0.6 is 11.6 Å². The monoisotopic (exact) mass is 359 g/mol. The second-order valence-electron chi connectivity index (χ2n) is 6.23. The van der Waals surface area contributed by atoms with Gasteiger partial charge in [0, 0.05) is 11.6 Å². The van der Waals surface area contributed by atoms with Crippen molar-refractivity contribution in [3.63, 3.8) is 0 Å². The summed E-state index contributed by atoms with van der Waals surface area (Å²) in [6.45, 7) is 0. The molecule has 1 heterocycles. The number of methoxy groups -OCH3 is 1. The fourth-order valence-electron chi connectivity index (χ4n) is 3.04. The van der Waals surface area contributed by atoms with Crippen LogP contribution in [-0.4, -0.2) is 18.0 Å². The van der Waals surface area contributed by atoms with Crippen molar-refractivity contribution in [2.24, 2.45) is 5.92 Å². The zero-order chi connectivity index (χ0) is 17.6. The Morgan fingerprint density at radius 3 is 2.56 bits per heavy atom. The molecule has 0 atom stereocenters. The molecule has 0 unspecified atom stereocenters. The van der Waals surface area contributed by atoms with Crippen LogP contribution < -0.4 is 15.4 Å². The number of hydrogen-bond donors (Lipinski definition) is 2. The first kappa shape index (κ1) is 17.5. The van der Waals surface area contributed by atoms with Crippen molar-refractivity contribution in [1.82, 2.24) is 4.98 Å². The SMILES string of the molecule is COc1ccc(Nc2ccc(NC(=O)C3CCCCC3)cn2)cc1Cl. The van der Waals surface area contributed by atoms with Crippen molar-refractivity contribution in [3.8, 4) is 5.75 Å². The van der Waals surface area contributed by atoms with Crippen LogP contribution in [0.3, 0.4) is 0 Å². The van der Waals surface area contributed by atoms with E-state index in [2.05, 4.69) is 15.6 Å². The summed E-state index contributed by atoms with van der Waals surface area (Å²) in [5.41, 5.74) is 1.53. The third-order valence-corrected chi connectivity index (χ3v) is 4.73. The topological polar surface area (TPSA) is 63.2 Å². The lowest BCUT2D eigenvalue weighted by atomic mass is 9.88. The van der Waals surface area contributed by atoms with E-state index >= 15 is 0 Å². The zero-order valence-electron chi connectivity index (χ0n) is 14.2. The number of hydrogen-bond acceptors (Lipinski definition) is 4. The van der Waals surface area contributed by atoms with Crippen molar-refractivity contribution in [2.75, 3.05) is 17.7 Å². The van der Waals surface area contributed by atoms with Crippen LogP contribution in [0.15, 0.2) is 36.5 Å². The summed E-state index contributed by atoms with van der Waals surface area (Å²) in [7, 11) is 1.58. The van der Waals surface area contributed by atoms with Crippen LogP contribution in [0, 0.1) is 5.92 Å². The van der Waals surface area contributed by atoms with Crippen LogP contribution in [-0.2, 0) is 4.79 Å². The number of benzene rings is 1. The van der Waals surface area contributed by atoms with E-state index in [4.69, 9.17) is 16.3 Å². The van der Waals surface area contributed by atoms with E-state index in [9.17, 15) is 4.79 Å². The van der Waals surface area contributed by atoms with E-state index < -0.39 is 0 Å². The summed E-state index contributed by atoms with van der Waals surface area (Å²) < 4.78 is 5.14. The predicted octanol–water partition coefficient (Wildman–Crippen LogP) is 5.01. The van der Waals surface area contributed by atoms with Gasteiger partial charge in [-0.2, -0.15) is 0 Å². The minimum atomic E-state index is 0.101. The molecule has 25 heavy (non-hydrogen) atoms. The van der Waals surface area contributed by atoms with Crippen molar-refractivity contribution in [3.05, 3.63) is 41.6 Å². The number of rotatable bonds is 5. The Morgan fingerprint density at radius 2 is 1.92 bits per heavy atom. The number of ether oxygens (including phenoxy) is 1. The minimum absolute atomic E-state index is 0.101. The molecular weight excluding hydrogens is 338 g/mol. The van der Waals surface area contributed by atoms with Gasteiger partial charge in [-0.15, -0.1) is 0 Å². The molecular formula is C19H22ClN3O2. The van der Waals surface area contributed by atoms with E-state index in [1.54, 1.807) is 25.4 Å². The van der Waals surface area contributed by atoms with Gasteiger partial charge in [-0.3, -0.25) is 4.79 Å². The molecule has 0 bridgehead atoms. The van der Waals surface area contributed by atoms with Crippen molar-refractivity contribution in [1.29, 1.82) is 0 Å². The van der Waals surface area contributed by atoms with Gasteiger partial charge in [-0.25, -0.2) is 4.98 Å². The molecule has 6 heteroatoms. The second-order valence-corrected chi connectivity index (χ2v) is 6.64. The maximum absolute atomic E-state index is 12.3. The van der Waals surface area contributed by atoms with Gasteiger partial charge in [-0.05, 0) is 43.2 Å². The number of nitrogens with one attached hydrogen (secondary N) is 2. The Balaban J connectivity index is 1.60. The molecule has 0 spiro atoms. The Labute approximate surface area is 152 Å². The summed E-state index contributed by atoms with van der Waals surface area (Å²) in [5.74, 6) is 1.54. The van der Waals surface area contributed by atoms with Crippen LogP contribution in [0.2, 0.25) is 5.02 Å². The number of aromatic nitrogens is 1. The van der Waals surface area contributed by atoms with Crippen molar-refractivity contribution < 1.29 is 9.53 Å². The largest absolute Gasteiger partial charge is 0.495 e. The molecule has 3 rings (SSSR count). The van der Waals surface area contributed by atoms with Gasteiger partial charge in [0.1, 0.15) is 11.6 Å². The number of pyridine rings is 1. The molecule has 1 fully saturated rings. The number of halogens is 1. The third kappa shape index (κ3) is 4.63. The Bertz CT molecular complexity index is 728. The van der Waals surface area contributed by atoms with Gasteiger partial charge in [0.25, 0.3) is 0 Å². The average Bonchev–Trinajstić information content (AvgIpc) is 2.64. The Hall–Kier alpha value is -2.27. The standard InChI is InChI=1S/C19H22ClN3O2/c1-25-17-9-7-14(11-16(17)20)22-18-10-8-15(12-21-18)23-19(24)13-5-3-2-4-6-13/h7-13H,2-6H2,1H3,(H,21,22)(H,23,24). The van der Waals surface area contributed by atoms with Crippen LogP contribution in [0.5, 0.6) is 5.75 Å². The highest BCUT2D eigenvalue weighted by Crippen LogP contribution is 2.29. The molecule has 1 saturated carbocycles. The number of carbonyl (C=O) groups excluding carboxylic acids is 1. The number of nitrogens with zero attached hydrogens (tertiary/aromatic N) is 1. The Morgan fingerprint density at radius 1 is 1.16 bits per heavy atom. The smallest absolute Gasteiger partial charge is 0.227 e. The molecule has 1 aromatic heterocycles. The van der Waals surface area contributed by atoms with Gasteiger partial charge in [-0.1, -0.05) is 30.9 Å². The molecule has 2 aromatic rings. The first-order valence-electron chi connectivity index (χ1n) is 8.53. The summed E-state index contributed by atoms with van der Waals surface area (Å²) in [6.07, 6.45) is 7.15. The molecule has 1 aliphatic rings. The lowest BCUT2D eigenvalue weighted by Gasteiger charge is -2.20. The minimum Gasteiger partial charge on any atom is -0.495 e. The predicted molar refractivity (Wildman–Crippen MR) is 101 cm³/mol. The molecule has 1 aromatic carbocycles. The van der Waals surface area contributed by atoms with Gasteiger partial charge < -0.3 is 15.4 Å². The van der Waals surface area contributed by atoms with Crippen molar-refractivity contribution >= 4 is 34.7 Å². The fraction of sp³-hybridized carbons (Fsp3) is 0.368. The van der Waals surface area contributed by atoms with E-state index in [1.165, 1.54) is 6.42 Å². The first-order valence-corrected chi connectivity index (χ1v) is 8.91. The van der Waals surface area contributed by atoms with E-state index in [0.717, 1.165) is 31.4 Å².